The highest BCUT2D eigenvalue weighted by Crippen LogP contribution is 2.36. The Morgan fingerprint density at radius 3 is 2.21 bits per heavy atom. The van der Waals surface area contributed by atoms with Crippen molar-refractivity contribution in [2.45, 2.75) is 31.6 Å². The van der Waals surface area contributed by atoms with Gasteiger partial charge in [0.2, 0.25) is 0 Å². The molecular formula is C24H22FNO3. The van der Waals surface area contributed by atoms with Crippen molar-refractivity contribution in [1.29, 1.82) is 0 Å². The number of aliphatic carboxylic acids is 1. The zero-order valence-corrected chi connectivity index (χ0v) is 15.9. The van der Waals surface area contributed by atoms with Crippen LogP contribution in [0.1, 0.15) is 47.5 Å². The van der Waals surface area contributed by atoms with Crippen LogP contribution in [0.2, 0.25) is 0 Å². The van der Waals surface area contributed by atoms with Gasteiger partial charge in [-0.3, -0.25) is 9.59 Å². The summed E-state index contributed by atoms with van der Waals surface area (Å²) in [5.41, 5.74) is 2.40. The molecule has 4 nitrogen and oxygen atoms in total. The van der Waals surface area contributed by atoms with Gasteiger partial charge in [-0.1, -0.05) is 24.3 Å². The number of hydrogen-bond donors (Lipinski definition) is 2. The smallest absolute Gasteiger partial charge is 0.306 e. The minimum Gasteiger partial charge on any atom is -0.481 e. The second kappa shape index (κ2) is 8.03. The predicted molar refractivity (Wildman–Crippen MR) is 111 cm³/mol. The molecule has 3 aromatic carbocycles. The number of carboxylic acid groups (broad SMARTS) is 1. The Balaban J connectivity index is 1.41. The first-order valence-electron chi connectivity index (χ1n) is 9.83. The van der Waals surface area contributed by atoms with E-state index in [1.54, 1.807) is 24.3 Å². The molecule has 0 spiro atoms. The van der Waals surface area contributed by atoms with Crippen molar-refractivity contribution in [3.63, 3.8) is 0 Å². The SMILES string of the molecule is O=C(Nc1ccc([C@H]2CC[C@@H](C(=O)O)CC2)cc1)c1ccc2cc(F)ccc2c1. The van der Waals surface area contributed by atoms with Crippen LogP contribution >= 0.6 is 0 Å². The van der Waals surface area contributed by atoms with E-state index in [-0.39, 0.29) is 17.6 Å². The number of rotatable bonds is 4. The number of halogens is 1. The molecule has 0 saturated heterocycles. The van der Waals surface area contributed by atoms with Gasteiger partial charge < -0.3 is 10.4 Å². The lowest BCUT2D eigenvalue weighted by molar-refractivity contribution is -0.142. The standard InChI is InChI=1S/C24H22FNO3/c25-21-10-7-18-13-20(6-5-19(18)14-21)23(27)26-22-11-8-16(9-12-22)15-1-3-17(4-2-15)24(28)29/h5-15,17H,1-4H2,(H,26,27)(H,28,29)/t15-,17+. The molecule has 0 radical (unpaired) electrons. The second-order valence-corrected chi connectivity index (χ2v) is 7.67. The zero-order valence-electron chi connectivity index (χ0n) is 15.9. The van der Waals surface area contributed by atoms with Gasteiger partial charge in [0.05, 0.1) is 5.92 Å². The quantitative estimate of drug-likeness (QED) is 0.609. The maximum atomic E-state index is 13.3. The van der Waals surface area contributed by atoms with Gasteiger partial charge in [-0.05, 0) is 84.3 Å². The second-order valence-electron chi connectivity index (χ2n) is 7.67. The van der Waals surface area contributed by atoms with Crippen molar-refractivity contribution >= 4 is 28.3 Å². The highest BCUT2D eigenvalue weighted by Gasteiger charge is 2.26. The molecule has 0 atom stereocenters. The summed E-state index contributed by atoms with van der Waals surface area (Å²) in [7, 11) is 0. The monoisotopic (exact) mass is 391 g/mol. The number of carboxylic acids is 1. The molecule has 0 heterocycles. The summed E-state index contributed by atoms with van der Waals surface area (Å²) in [4.78, 5) is 23.7. The average Bonchev–Trinajstić information content (AvgIpc) is 2.74. The third kappa shape index (κ3) is 4.29. The fourth-order valence-electron chi connectivity index (χ4n) is 4.07. The number of benzene rings is 3. The van der Waals surface area contributed by atoms with Gasteiger partial charge >= 0.3 is 5.97 Å². The number of carbonyl (C=O) groups is 2. The number of nitrogens with one attached hydrogen (secondary N) is 1. The first kappa shape index (κ1) is 19.1. The van der Waals surface area contributed by atoms with Crippen LogP contribution in [0, 0.1) is 11.7 Å². The van der Waals surface area contributed by atoms with Gasteiger partial charge in [0.25, 0.3) is 5.91 Å². The summed E-state index contributed by atoms with van der Waals surface area (Å²) < 4.78 is 13.3. The van der Waals surface area contributed by atoms with Crippen molar-refractivity contribution in [3.8, 4) is 0 Å². The van der Waals surface area contributed by atoms with Crippen molar-refractivity contribution in [1.82, 2.24) is 0 Å². The van der Waals surface area contributed by atoms with Gasteiger partial charge in [0.15, 0.2) is 0 Å². The lowest BCUT2D eigenvalue weighted by atomic mass is 9.79. The minimum atomic E-state index is -0.694. The van der Waals surface area contributed by atoms with E-state index < -0.39 is 5.97 Å². The van der Waals surface area contributed by atoms with Gasteiger partial charge in [-0.15, -0.1) is 0 Å². The number of carbonyl (C=O) groups excluding carboxylic acids is 1. The highest BCUT2D eigenvalue weighted by molar-refractivity contribution is 6.06. The maximum Gasteiger partial charge on any atom is 0.306 e. The fraction of sp³-hybridized carbons (Fsp3) is 0.250. The Morgan fingerprint density at radius 2 is 1.52 bits per heavy atom. The van der Waals surface area contributed by atoms with Crippen molar-refractivity contribution < 1.29 is 19.1 Å². The van der Waals surface area contributed by atoms with Crippen LogP contribution in [-0.2, 0) is 4.79 Å². The van der Waals surface area contributed by atoms with Crippen LogP contribution in [0.3, 0.4) is 0 Å². The maximum absolute atomic E-state index is 13.3. The first-order chi connectivity index (χ1) is 14.0. The number of anilines is 1. The Bertz CT molecular complexity index is 1050. The lowest BCUT2D eigenvalue weighted by Gasteiger charge is -2.26. The summed E-state index contributed by atoms with van der Waals surface area (Å²) in [5, 5.41) is 13.6. The molecule has 3 aromatic rings. The summed E-state index contributed by atoms with van der Waals surface area (Å²) in [6, 6.07) is 17.4. The highest BCUT2D eigenvalue weighted by atomic mass is 19.1. The third-order valence-corrected chi connectivity index (χ3v) is 5.78. The van der Waals surface area contributed by atoms with Crippen LogP contribution in [-0.4, -0.2) is 17.0 Å². The summed E-state index contributed by atoms with van der Waals surface area (Å²) in [6.07, 6.45) is 3.18. The van der Waals surface area contributed by atoms with Crippen molar-refractivity contribution in [2.75, 3.05) is 5.32 Å². The van der Waals surface area contributed by atoms with E-state index in [1.807, 2.05) is 24.3 Å². The average molecular weight is 391 g/mol. The topological polar surface area (TPSA) is 66.4 Å². The summed E-state index contributed by atoms with van der Waals surface area (Å²) >= 11 is 0. The van der Waals surface area contributed by atoms with Gasteiger partial charge in [0.1, 0.15) is 5.82 Å². The van der Waals surface area contributed by atoms with Crippen LogP contribution < -0.4 is 5.32 Å². The lowest BCUT2D eigenvalue weighted by Crippen LogP contribution is -2.20. The molecule has 2 N–H and O–H groups in total. The van der Waals surface area contributed by atoms with E-state index in [4.69, 9.17) is 5.11 Å². The van der Waals surface area contributed by atoms with Crippen molar-refractivity contribution in [3.05, 3.63) is 77.6 Å². The van der Waals surface area contributed by atoms with E-state index in [0.29, 0.717) is 30.0 Å². The van der Waals surface area contributed by atoms with Crippen LogP contribution in [0.4, 0.5) is 10.1 Å². The van der Waals surface area contributed by atoms with E-state index in [2.05, 4.69) is 5.32 Å². The molecule has 148 valence electrons. The number of fused-ring (bicyclic) bond motifs is 1. The molecule has 4 rings (SSSR count). The Morgan fingerprint density at radius 1 is 0.862 bits per heavy atom. The van der Waals surface area contributed by atoms with Gasteiger partial charge in [-0.2, -0.15) is 0 Å². The van der Waals surface area contributed by atoms with E-state index >= 15 is 0 Å². The van der Waals surface area contributed by atoms with Crippen LogP contribution in [0.5, 0.6) is 0 Å². The molecule has 5 heteroatoms. The molecule has 1 saturated carbocycles. The van der Waals surface area contributed by atoms with Crippen LogP contribution in [0.15, 0.2) is 60.7 Å². The Hall–Kier alpha value is -3.21. The van der Waals surface area contributed by atoms with Gasteiger partial charge in [-0.25, -0.2) is 4.39 Å². The Labute approximate surface area is 168 Å². The number of amides is 1. The summed E-state index contributed by atoms with van der Waals surface area (Å²) in [6.45, 7) is 0. The molecule has 1 aliphatic rings. The van der Waals surface area contributed by atoms with E-state index in [1.165, 1.54) is 17.7 Å². The summed E-state index contributed by atoms with van der Waals surface area (Å²) in [5.74, 6) is -1.06. The molecule has 1 fully saturated rings. The van der Waals surface area contributed by atoms with E-state index in [0.717, 1.165) is 23.6 Å². The van der Waals surface area contributed by atoms with E-state index in [9.17, 15) is 14.0 Å². The molecule has 0 aromatic heterocycles. The third-order valence-electron chi connectivity index (χ3n) is 5.78. The molecule has 1 aliphatic carbocycles. The largest absolute Gasteiger partial charge is 0.481 e. The first-order valence-corrected chi connectivity index (χ1v) is 9.83. The van der Waals surface area contributed by atoms with Crippen molar-refractivity contribution in [2.24, 2.45) is 5.92 Å². The molecule has 0 aliphatic heterocycles. The van der Waals surface area contributed by atoms with Gasteiger partial charge in [0, 0.05) is 11.3 Å². The molecule has 0 unspecified atom stereocenters. The predicted octanol–water partition coefficient (Wildman–Crippen LogP) is 5.59. The Kier molecular flexibility index (Phi) is 5.30. The zero-order chi connectivity index (χ0) is 20.4. The molecule has 1 amide bonds. The molecule has 29 heavy (non-hydrogen) atoms. The normalized spacial score (nSPS) is 19.1. The minimum absolute atomic E-state index is 0.217. The molecular weight excluding hydrogens is 369 g/mol. The fourth-order valence-corrected chi connectivity index (χ4v) is 4.07. The molecule has 0 bridgehead atoms. The number of hydrogen-bond acceptors (Lipinski definition) is 2. The van der Waals surface area contributed by atoms with Crippen LogP contribution in [0.25, 0.3) is 10.8 Å².